The van der Waals surface area contributed by atoms with Crippen LogP contribution in [0.3, 0.4) is 0 Å². The number of ether oxygens (including phenoxy) is 2. The molecule has 60 heavy (non-hydrogen) atoms. The van der Waals surface area contributed by atoms with Crippen molar-refractivity contribution < 1.29 is 37.3 Å². The largest absolute Gasteiger partial charge is 0.472 e. The number of allylic oxidation sites excluding steroid dienone is 4. The normalized spacial score (nSPS) is 13.8. The summed E-state index contributed by atoms with van der Waals surface area (Å²) >= 11 is 0. The number of rotatable bonds is 48. The summed E-state index contributed by atoms with van der Waals surface area (Å²) in [4.78, 5) is 23.0. The van der Waals surface area contributed by atoms with Crippen LogP contribution in [0.4, 0.5) is 0 Å². The Morgan fingerprint density at radius 1 is 0.517 bits per heavy atom. The van der Waals surface area contributed by atoms with E-state index in [-0.39, 0.29) is 25.8 Å². The number of quaternary nitrogens is 1. The van der Waals surface area contributed by atoms with E-state index in [1.54, 1.807) is 0 Å². The fourth-order valence-electron chi connectivity index (χ4n) is 7.29. The van der Waals surface area contributed by atoms with Crippen molar-refractivity contribution in [1.82, 2.24) is 0 Å². The summed E-state index contributed by atoms with van der Waals surface area (Å²) in [7, 11) is 1.67. The molecule has 356 valence electrons. The fraction of sp³-hybridized carbons (Fsp3) is 0.902. The zero-order valence-electron chi connectivity index (χ0n) is 40.5. The summed E-state index contributed by atoms with van der Waals surface area (Å²) in [5.74, 6) is -0.323. The third-order valence-corrected chi connectivity index (χ3v) is 12.2. The van der Waals surface area contributed by atoms with E-state index in [0.29, 0.717) is 24.1 Å². The summed E-state index contributed by atoms with van der Waals surface area (Å²) < 4.78 is 35.1. The van der Waals surface area contributed by atoms with Gasteiger partial charge in [0.2, 0.25) is 0 Å². The Morgan fingerprint density at radius 3 is 1.38 bits per heavy atom. The van der Waals surface area contributed by atoms with Crippen LogP contribution in [-0.2, 0) is 27.9 Å². The molecular weight excluding hydrogens is 770 g/mol. The number of phosphoric ester groups is 1. The standard InChI is InChI=1S/C51H100NO7P/c1-6-8-10-12-14-16-18-20-22-23-24-25-26-27-28-29-31-33-35-37-39-41-43-46-56-48-50(49-58-60(54,55)57-47-45-52(3,4)5)59-51(53)44-42-40-38-36-34-32-30-21-19-17-15-13-11-9-7-2/h15,17,21,30,50H,6-14,16,18-20,22-29,31-49H2,1-5H3/p+1/b17-15-,30-21-. The first-order valence-corrected chi connectivity index (χ1v) is 27.1. The monoisotopic (exact) mass is 871 g/mol. The predicted molar refractivity (Wildman–Crippen MR) is 257 cm³/mol. The maximum Gasteiger partial charge on any atom is 0.472 e. The Balaban J connectivity index is 4.08. The maximum atomic E-state index is 12.7. The molecular formula is C51H101NO7P+. The van der Waals surface area contributed by atoms with E-state index in [2.05, 4.69) is 38.2 Å². The highest BCUT2D eigenvalue weighted by Crippen LogP contribution is 2.43. The number of phosphoric acid groups is 1. The highest BCUT2D eigenvalue weighted by atomic mass is 31.2. The van der Waals surface area contributed by atoms with Crippen LogP contribution in [-0.4, -0.2) is 75.6 Å². The van der Waals surface area contributed by atoms with Crippen molar-refractivity contribution in [3.05, 3.63) is 24.3 Å². The minimum absolute atomic E-state index is 0.0879. The molecule has 2 unspecified atom stereocenters. The summed E-state index contributed by atoms with van der Waals surface area (Å²) in [5.41, 5.74) is 0. The summed E-state index contributed by atoms with van der Waals surface area (Å²) in [5, 5.41) is 0. The number of unbranched alkanes of at least 4 members (excludes halogenated alkanes) is 30. The lowest BCUT2D eigenvalue weighted by Gasteiger charge is -2.24. The molecule has 0 aromatic carbocycles. The Morgan fingerprint density at radius 2 is 0.917 bits per heavy atom. The number of carbonyl (C=O) groups is 1. The van der Waals surface area contributed by atoms with E-state index in [0.717, 1.165) is 57.8 Å². The van der Waals surface area contributed by atoms with Crippen LogP contribution in [0.15, 0.2) is 24.3 Å². The Labute approximate surface area is 373 Å². The molecule has 0 aliphatic rings. The van der Waals surface area contributed by atoms with E-state index in [1.807, 2.05) is 21.1 Å². The molecule has 0 rings (SSSR count). The second-order valence-corrected chi connectivity index (χ2v) is 20.0. The molecule has 2 atom stereocenters. The van der Waals surface area contributed by atoms with Crippen LogP contribution in [0.5, 0.6) is 0 Å². The molecule has 0 saturated carbocycles. The van der Waals surface area contributed by atoms with Crippen molar-refractivity contribution in [2.24, 2.45) is 0 Å². The average molecular weight is 871 g/mol. The van der Waals surface area contributed by atoms with Crippen LogP contribution >= 0.6 is 7.82 Å². The van der Waals surface area contributed by atoms with Gasteiger partial charge in [0.25, 0.3) is 0 Å². The first-order chi connectivity index (χ1) is 29.1. The molecule has 0 saturated heterocycles. The predicted octanol–water partition coefficient (Wildman–Crippen LogP) is 15.6. The number of nitrogens with zero attached hydrogens (tertiary/aromatic N) is 1. The van der Waals surface area contributed by atoms with Crippen LogP contribution in [0.1, 0.15) is 239 Å². The number of esters is 1. The third kappa shape index (κ3) is 48.0. The van der Waals surface area contributed by atoms with E-state index in [1.165, 1.54) is 161 Å². The topological polar surface area (TPSA) is 91.3 Å². The average Bonchev–Trinajstić information content (AvgIpc) is 3.20. The zero-order valence-corrected chi connectivity index (χ0v) is 41.4. The highest BCUT2D eigenvalue weighted by Gasteiger charge is 2.26. The number of carbonyl (C=O) groups excluding carboxylic acids is 1. The Bertz CT molecular complexity index is 1010. The van der Waals surface area contributed by atoms with Crippen molar-refractivity contribution in [2.75, 3.05) is 54.1 Å². The Kier molecular flexibility index (Phi) is 43.8. The fourth-order valence-corrected chi connectivity index (χ4v) is 8.03. The first-order valence-electron chi connectivity index (χ1n) is 25.6. The lowest BCUT2D eigenvalue weighted by atomic mass is 10.0. The van der Waals surface area contributed by atoms with Gasteiger partial charge in [-0.3, -0.25) is 13.8 Å². The van der Waals surface area contributed by atoms with Crippen LogP contribution in [0.2, 0.25) is 0 Å². The number of likely N-dealkylation sites (N-methyl/N-ethyl adjacent to an activating group) is 1. The van der Waals surface area contributed by atoms with Crippen molar-refractivity contribution in [3.63, 3.8) is 0 Å². The van der Waals surface area contributed by atoms with E-state index < -0.39 is 13.9 Å². The number of hydrogen-bond acceptors (Lipinski definition) is 6. The van der Waals surface area contributed by atoms with E-state index in [4.69, 9.17) is 18.5 Å². The van der Waals surface area contributed by atoms with Gasteiger partial charge in [-0.25, -0.2) is 4.57 Å². The molecule has 0 aromatic heterocycles. The van der Waals surface area contributed by atoms with Crippen LogP contribution in [0, 0.1) is 0 Å². The molecule has 0 aliphatic carbocycles. The minimum Gasteiger partial charge on any atom is -0.457 e. The first kappa shape index (κ1) is 59.0. The van der Waals surface area contributed by atoms with E-state index >= 15 is 0 Å². The summed E-state index contributed by atoms with van der Waals surface area (Å²) in [6, 6.07) is 0. The molecule has 1 N–H and O–H groups in total. The van der Waals surface area contributed by atoms with Gasteiger partial charge in [-0.05, 0) is 44.9 Å². The molecule has 8 nitrogen and oxygen atoms in total. The van der Waals surface area contributed by atoms with E-state index in [9.17, 15) is 14.3 Å². The highest BCUT2D eigenvalue weighted by molar-refractivity contribution is 7.47. The van der Waals surface area contributed by atoms with Crippen LogP contribution in [0.25, 0.3) is 0 Å². The number of hydrogen-bond donors (Lipinski definition) is 1. The third-order valence-electron chi connectivity index (χ3n) is 11.3. The SMILES string of the molecule is CCCCC/C=C\C/C=C\CCCCCCCC(=O)OC(COCCCCCCCCCCCCCCCCCCCCCCCCC)COP(=O)(O)OCC[N+](C)(C)C. The Hall–Kier alpha value is -1.02. The lowest BCUT2D eigenvalue weighted by molar-refractivity contribution is -0.870. The van der Waals surface area contributed by atoms with Gasteiger partial charge in [-0.15, -0.1) is 0 Å². The molecule has 0 heterocycles. The molecule has 0 aromatic rings. The lowest BCUT2D eigenvalue weighted by Crippen LogP contribution is -2.37. The molecule has 0 amide bonds. The molecule has 0 aliphatic heterocycles. The van der Waals surface area contributed by atoms with Gasteiger partial charge in [-0.1, -0.05) is 212 Å². The summed E-state index contributed by atoms with van der Waals surface area (Å²) in [6.07, 6.45) is 52.3. The molecule has 0 bridgehead atoms. The summed E-state index contributed by atoms with van der Waals surface area (Å²) in [6.45, 7) is 5.63. The van der Waals surface area contributed by atoms with Gasteiger partial charge >= 0.3 is 13.8 Å². The van der Waals surface area contributed by atoms with Gasteiger partial charge in [0, 0.05) is 13.0 Å². The van der Waals surface area contributed by atoms with Gasteiger partial charge in [0.1, 0.15) is 19.3 Å². The zero-order chi connectivity index (χ0) is 44.1. The molecule has 0 spiro atoms. The van der Waals surface area contributed by atoms with Crippen molar-refractivity contribution >= 4 is 13.8 Å². The second kappa shape index (κ2) is 44.6. The van der Waals surface area contributed by atoms with Crippen molar-refractivity contribution in [2.45, 2.75) is 245 Å². The van der Waals surface area contributed by atoms with Gasteiger partial charge in [0.05, 0.1) is 34.4 Å². The smallest absolute Gasteiger partial charge is 0.457 e. The van der Waals surface area contributed by atoms with Gasteiger partial charge in [0.15, 0.2) is 0 Å². The molecule has 0 radical (unpaired) electrons. The minimum atomic E-state index is -4.28. The van der Waals surface area contributed by atoms with Crippen molar-refractivity contribution in [1.29, 1.82) is 0 Å². The quantitative estimate of drug-likeness (QED) is 0.0214. The maximum absolute atomic E-state index is 12.7. The molecule has 0 fully saturated rings. The van der Waals surface area contributed by atoms with Gasteiger partial charge < -0.3 is 18.9 Å². The second-order valence-electron chi connectivity index (χ2n) is 18.6. The van der Waals surface area contributed by atoms with Crippen molar-refractivity contribution in [3.8, 4) is 0 Å². The van der Waals surface area contributed by atoms with Crippen LogP contribution < -0.4 is 0 Å². The van der Waals surface area contributed by atoms with Gasteiger partial charge in [-0.2, -0.15) is 0 Å². The molecule has 9 heteroatoms.